The zero-order chi connectivity index (χ0) is 11.8. The smallest absolute Gasteiger partial charge is 0.271 e. The highest BCUT2D eigenvalue weighted by Crippen LogP contribution is 2.16. The van der Waals surface area contributed by atoms with Crippen LogP contribution in [0, 0.1) is 10.1 Å². The maximum Gasteiger partial charge on any atom is 0.271 e. The molecular formula is C11H16N2O3. The number of nitrogens with zero attached hydrogens (tertiary/aromatic N) is 1. The zero-order valence-electron chi connectivity index (χ0n) is 9.31. The molecule has 0 aliphatic heterocycles. The highest BCUT2D eigenvalue weighted by Gasteiger charge is 2.04. The van der Waals surface area contributed by atoms with Gasteiger partial charge in [-0.1, -0.05) is 6.07 Å². The molecular weight excluding hydrogens is 208 g/mol. The second-order valence-corrected chi connectivity index (χ2v) is 3.28. The zero-order valence-corrected chi connectivity index (χ0v) is 9.31. The third-order valence-electron chi connectivity index (χ3n) is 2.06. The SMILES string of the molecule is CCOCCCNc1cccc([N+](=O)[O-])c1. The van der Waals surface area contributed by atoms with Crippen molar-refractivity contribution in [3.63, 3.8) is 0 Å². The summed E-state index contributed by atoms with van der Waals surface area (Å²) >= 11 is 0. The molecule has 0 bridgehead atoms. The Kier molecular flexibility index (Phi) is 5.28. The number of nitro groups is 1. The molecule has 5 nitrogen and oxygen atoms in total. The molecule has 0 fully saturated rings. The summed E-state index contributed by atoms with van der Waals surface area (Å²) in [6, 6.07) is 6.49. The van der Waals surface area contributed by atoms with Gasteiger partial charge < -0.3 is 10.1 Å². The molecule has 0 saturated heterocycles. The van der Waals surface area contributed by atoms with Gasteiger partial charge in [-0.2, -0.15) is 0 Å². The molecule has 0 aliphatic carbocycles. The fourth-order valence-electron chi connectivity index (χ4n) is 1.28. The molecule has 0 heterocycles. The molecule has 0 radical (unpaired) electrons. The largest absolute Gasteiger partial charge is 0.385 e. The molecule has 1 aromatic rings. The van der Waals surface area contributed by atoms with Gasteiger partial charge in [0.05, 0.1) is 4.92 Å². The summed E-state index contributed by atoms with van der Waals surface area (Å²) in [7, 11) is 0. The van der Waals surface area contributed by atoms with E-state index in [9.17, 15) is 10.1 Å². The topological polar surface area (TPSA) is 64.4 Å². The van der Waals surface area contributed by atoms with Crippen LogP contribution in [0.1, 0.15) is 13.3 Å². The third-order valence-corrected chi connectivity index (χ3v) is 2.06. The highest BCUT2D eigenvalue weighted by molar-refractivity contribution is 5.50. The van der Waals surface area contributed by atoms with E-state index >= 15 is 0 Å². The number of non-ortho nitro benzene ring substituents is 1. The minimum Gasteiger partial charge on any atom is -0.385 e. The average Bonchev–Trinajstić information content (AvgIpc) is 2.29. The van der Waals surface area contributed by atoms with Crippen LogP contribution >= 0.6 is 0 Å². The Bertz CT molecular complexity index is 342. The lowest BCUT2D eigenvalue weighted by atomic mass is 10.3. The lowest BCUT2D eigenvalue weighted by Crippen LogP contribution is -2.05. The number of hydrogen-bond donors (Lipinski definition) is 1. The number of benzene rings is 1. The lowest BCUT2D eigenvalue weighted by molar-refractivity contribution is -0.384. The molecule has 0 aliphatic rings. The van der Waals surface area contributed by atoms with Gasteiger partial charge in [0, 0.05) is 37.6 Å². The Balaban J connectivity index is 2.36. The van der Waals surface area contributed by atoms with Gasteiger partial charge in [0.15, 0.2) is 0 Å². The molecule has 1 aromatic carbocycles. The molecule has 88 valence electrons. The summed E-state index contributed by atoms with van der Waals surface area (Å²) in [5, 5.41) is 13.6. The maximum absolute atomic E-state index is 10.5. The standard InChI is InChI=1S/C11H16N2O3/c1-2-16-8-4-7-12-10-5-3-6-11(9-10)13(14)15/h3,5-6,9,12H,2,4,7-8H2,1H3. The van der Waals surface area contributed by atoms with E-state index in [4.69, 9.17) is 4.74 Å². The fourth-order valence-corrected chi connectivity index (χ4v) is 1.28. The van der Waals surface area contributed by atoms with Crippen LogP contribution in [-0.2, 0) is 4.74 Å². The van der Waals surface area contributed by atoms with Gasteiger partial charge in [-0.15, -0.1) is 0 Å². The minimum atomic E-state index is -0.397. The molecule has 0 saturated carbocycles. The van der Waals surface area contributed by atoms with E-state index in [1.807, 2.05) is 13.0 Å². The van der Waals surface area contributed by atoms with Crippen LogP contribution in [0.25, 0.3) is 0 Å². The van der Waals surface area contributed by atoms with Crippen molar-refractivity contribution in [1.82, 2.24) is 0 Å². The van der Waals surface area contributed by atoms with E-state index in [1.165, 1.54) is 12.1 Å². The number of nitrogens with one attached hydrogen (secondary N) is 1. The first-order valence-corrected chi connectivity index (χ1v) is 5.30. The van der Waals surface area contributed by atoms with Gasteiger partial charge in [0.2, 0.25) is 0 Å². The van der Waals surface area contributed by atoms with Crippen LogP contribution in [0.4, 0.5) is 11.4 Å². The normalized spacial score (nSPS) is 10.1. The van der Waals surface area contributed by atoms with Crippen LogP contribution in [-0.4, -0.2) is 24.7 Å². The first kappa shape index (κ1) is 12.4. The minimum absolute atomic E-state index is 0.106. The van der Waals surface area contributed by atoms with E-state index in [0.717, 1.165) is 25.3 Å². The second-order valence-electron chi connectivity index (χ2n) is 3.28. The van der Waals surface area contributed by atoms with Crippen LogP contribution in [0.5, 0.6) is 0 Å². The summed E-state index contributed by atoms with van der Waals surface area (Å²) in [6.07, 6.45) is 0.885. The van der Waals surface area contributed by atoms with E-state index < -0.39 is 4.92 Å². The Morgan fingerprint density at radius 2 is 2.31 bits per heavy atom. The maximum atomic E-state index is 10.5. The quantitative estimate of drug-likeness (QED) is 0.439. The summed E-state index contributed by atoms with van der Waals surface area (Å²) < 4.78 is 5.19. The third kappa shape index (κ3) is 4.27. The molecule has 16 heavy (non-hydrogen) atoms. The molecule has 1 rings (SSSR count). The van der Waals surface area contributed by atoms with E-state index in [-0.39, 0.29) is 5.69 Å². The van der Waals surface area contributed by atoms with Crippen molar-refractivity contribution in [3.05, 3.63) is 34.4 Å². The van der Waals surface area contributed by atoms with Crippen molar-refractivity contribution in [2.45, 2.75) is 13.3 Å². The molecule has 1 N–H and O–H groups in total. The number of anilines is 1. The van der Waals surface area contributed by atoms with Gasteiger partial charge in [0.25, 0.3) is 5.69 Å². The lowest BCUT2D eigenvalue weighted by Gasteiger charge is -2.05. The van der Waals surface area contributed by atoms with Gasteiger partial charge >= 0.3 is 0 Å². The van der Waals surface area contributed by atoms with Crippen molar-refractivity contribution < 1.29 is 9.66 Å². The molecule has 0 amide bonds. The number of hydrogen-bond acceptors (Lipinski definition) is 4. The summed E-state index contributed by atoms with van der Waals surface area (Å²) in [6.45, 7) is 4.13. The van der Waals surface area contributed by atoms with Crippen molar-refractivity contribution in [1.29, 1.82) is 0 Å². The predicted molar refractivity (Wildman–Crippen MR) is 62.7 cm³/mol. The van der Waals surface area contributed by atoms with Crippen molar-refractivity contribution in [3.8, 4) is 0 Å². The van der Waals surface area contributed by atoms with E-state index in [2.05, 4.69) is 5.32 Å². The van der Waals surface area contributed by atoms with Gasteiger partial charge in [0.1, 0.15) is 0 Å². The average molecular weight is 224 g/mol. The van der Waals surface area contributed by atoms with Crippen molar-refractivity contribution in [2.75, 3.05) is 25.1 Å². The Labute approximate surface area is 94.6 Å². The summed E-state index contributed by atoms with van der Waals surface area (Å²) in [4.78, 5) is 10.1. The first-order chi connectivity index (χ1) is 7.74. The molecule has 5 heteroatoms. The number of rotatable bonds is 7. The van der Waals surface area contributed by atoms with Crippen molar-refractivity contribution in [2.24, 2.45) is 0 Å². The van der Waals surface area contributed by atoms with Gasteiger partial charge in [-0.05, 0) is 19.4 Å². The van der Waals surface area contributed by atoms with E-state index in [1.54, 1.807) is 6.07 Å². The number of nitro benzene ring substituents is 1. The number of ether oxygens (including phenoxy) is 1. The molecule has 0 aromatic heterocycles. The van der Waals surface area contributed by atoms with Gasteiger partial charge in [-0.25, -0.2) is 0 Å². The second kappa shape index (κ2) is 6.79. The van der Waals surface area contributed by atoms with Crippen LogP contribution in [0.3, 0.4) is 0 Å². The fraction of sp³-hybridized carbons (Fsp3) is 0.455. The predicted octanol–water partition coefficient (Wildman–Crippen LogP) is 2.43. The van der Waals surface area contributed by atoms with Crippen molar-refractivity contribution >= 4 is 11.4 Å². The van der Waals surface area contributed by atoms with Crippen LogP contribution < -0.4 is 5.32 Å². The van der Waals surface area contributed by atoms with Crippen LogP contribution in [0.2, 0.25) is 0 Å². The molecule has 0 unspecified atom stereocenters. The Morgan fingerprint density at radius 3 is 3.00 bits per heavy atom. The van der Waals surface area contributed by atoms with E-state index in [0.29, 0.717) is 6.61 Å². The molecule has 0 spiro atoms. The monoisotopic (exact) mass is 224 g/mol. The summed E-state index contributed by atoms with van der Waals surface area (Å²) in [5.74, 6) is 0. The molecule has 0 atom stereocenters. The summed E-state index contributed by atoms with van der Waals surface area (Å²) in [5.41, 5.74) is 0.875. The Hall–Kier alpha value is -1.62. The van der Waals surface area contributed by atoms with Crippen LogP contribution in [0.15, 0.2) is 24.3 Å². The Morgan fingerprint density at radius 1 is 1.50 bits per heavy atom. The first-order valence-electron chi connectivity index (χ1n) is 5.30. The highest BCUT2D eigenvalue weighted by atomic mass is 16.6. The van der Waals surface area contributed by atoms with Gasteiger partial charge in [-0.3, -0.25) is 10.1 Å².